The molecule has 20 heavy (non-hydrogen) atoms. The number of ether oxygens (including phenoxy) is 2. The van der Waals surface area contributed by atoms with Gasteiger partial charge in [-0.1, -0.05) is 0 Å². The number of nitrogens with zero attached hydrogens (tertiary/aromatic N) is 1. The van der Waals surface area contributed by atoms with Gasteiger partial charge >= 0.3 is 5.97 Å². The highest BCUT2D eigenvalue weighted by Gasteiger charge is 2.30. The number of esters is 1. The molecule has 2 unspecified atom stereocenters. The first kappa shape index (κ1) is 15.7. The Bertz CT molecular complexity index is 301. The minimum atomic E-state index is -0.212. The van der Waals surface area contributed by atoms with Crippen LogP contribution < -0.4 is 5.32 Å². The van der Waals surface area contributed by atoms with Crippen LogP contribution in [0.25, 0.3) is 0 Å². The average Bonchev–Trinajstić information content (AvgIpc) is 3.23. The number of carbonyl (C=O) groups excluding carboxylic acids is 1. The molecule has 0 aromatic carbocycles. The molecule has 2 fully saturated rings. The van der Waals surface area contributed by atoms with E-state index in [1.807, 2.05) is 6.92 Å². The molecule has 1 saturated carbocycles. The van der Waals surface area contributed by atoms with Crippen LogP contribution in [-0.4, -0.2) is 62.4 Å². The predicted octanol–water partition coefficient (Wildman–Crippen LogP) is 1.17. The van der Waals surface area contributed by atoms with Crippen molar-refractivity contribution in [1.29, 1.82) is 0 Å². The van der Waals surface area contributed by atoms with Gasteiger partial charge in [-0.3, -0.25) is 4.79 Å². The first-order valence-corrected chi connectivity index (χ1v) is 7.92. The Hall–Kier alpha value is -0.650. The summed E-state index contributed by atoms with van der Waals surface area (Å²) in [7, 11) is 2.05. The number of nitrogens with one attached hydrogen (secondary N) is 1. The van der Waals surface area contributed by atoms with Crippen molar-refractivity contribution in [3.8, 4) is 0 Å². The molecular weight excluding hydrogens is 256 g/mol. The van der Waals surface area contributed by atoms with E-state index in [0.29, 0.717) is 25.3 Å². The molecule has 5 nitrogen and oxygen atoms in total. The molecule has 2 atom stereocenters. The van der Waals surface area contributed by atoms with E-state index in [4.69, 9.17) is 9.47 Å². The summed E-state index contributed by atoms with van der Waals surface area (Å²) in [5.74, 6) is -0.129. The maximum Gasteiger partial charge on any atom is 0.324 e. The first-order valence-electron chi connectivity index (χ1n) is 7.92. The summed E-state index contributed by atoms with van der Waals surface area (Å²) < 4.78 is 10.9. The zero-order valence-corrected chi connectivity index (χ0v) is 12.8. The van der Waals surface area contributed by atoms with Crippen LogP contribution in [-0.2, 0) is 14.3 Å². The molecule has 0 bridgehead atoms. The van der Waals surface area contributed by atoms with Gasteiger partial charge in [0, 0.05) is 25.7 Å². The van der Waals surface area contributed by atoms with Crippen molar-refractivity contribution in [2.75, 3.05) is 33.4 Å². The van der Waals surface area contributed by atoms with Crippen LogP contribution in [0.2, 0.25) is 0 Å². The Labute approximate surface area is 122 Å². The molecule has 5 heteroatoms. The second kappa shape index (κ2) is 7.96. The van der Waals surface area contributed by atoms with Gasteiger partial charge in [0.1, 0.15) is 6.04 Å². The third-order valence-electron chi connectivity index (χ3n) is 3.87. The van der Waals surface area contributed by atoms with Gasteiger partial charge in [0.2, 0.25) is 0 Å². The van der Waals surface area contributed by atoms with Crippen molar-refractivity contribution in [3.63, 3.8) is 0 Å². The Morgan fingerprint density at radius 2 is 2.20 bits per heavy atom. The maximum absolute atomic E-state index is 12.0. The normalized spacial score (nSPS) is 24.6. The molecule has 2 aliphatic rings. The minimum Gasteiger partial charge on any atom is -0.465 e. The monoisotopic (exact) mass is 284 g/mol. The van der Waals surface area contributed by atoms with Crippen molar-refractivity contribution < 1.29 is 14.3 Å². The Balaban J connectivity index is 1.77. The molecule has 0 aromatic heterocycles. The highest BCUT2D eigenvalue weighted by Crippen LogP contribution is 2.20. The molecule has 1 saturated heterocycles. The average molecular weight is 284 g/mol. The first-order chi connectivity index (χ1) is 9.69. The fourth-order valence-corrected chi connectivity index (χ4v) is 2.66. The maximum atomic E-state index is 12.0. The molecule has 1 N–H and O–H groups in total. The van der Waals surface area contributed by atoms with Gasteiger partial charge in [0.15, 0.2) is 0 Å². The van der Waals surface area contributed by atoms with E-state index in [1.54, 1.807) is 0 Å². The second-order valence-electron chi connectivity index (χ2n) is 5.96. The lowest BCUT2D eigenvalue weighted by atomic mass is 10.1. The molecule has 2 rings (SSSR count). The molecule has 1 aliphatic carbocycles. The third kappa shape index (κ3) is 5.38. The van der Waals surface area contributed by atoms with Gasteiger partial charge in [-0.05, 0) is 46.1 Å². The van der Waals surface area contributed by atoms with Gasteiger partial charge in [-0.25, -0.2) is 0 Å². The van der Waals surface area contributed by atoms with Crippen LogP contribution in [0.1, 0.15) is 39.0 Å². The lowest BCUT2D eigenvalue weighted by molar-refractivity contribution is -0.146. The summed E-state index contributed by atoms with van der Waals surface area (Å²) >= 11 is 0. The summed E-state index contributed by atoms with van der Waals surface area (Å²) in [5, 5.41) is 3.39. The van der Waals surface area contributed by atoms with E-state index < -0.39 is 0 Å². The summed E-state index contributed by atoms with van der Waals surface area (Å²) in [6.45, 7) is 4.75. The quantitative estimate of drug-likeness (QED) is 0.678. The molecule has 0 aromatic rings. The molecular formula is C15H28N2O3. The third-order valence-corrected chi connectivity index (χ3v) is 3.87. The lowest BCUT2D eigenvalue weighted by Gasteiger charge is -2.29. The van der Waals surface area contributed by atoms with Crippen molar-refractivity contribution in [3.05, 3.63) is 0 Å². The van der Waals surface area contributed by atoms with Crippen LogP contribution in [0.3, 0.4) is 0 Å². The van der Waals surface area contributed by atoms with Crippen LogP contribution in [0.5, 0.6) is 0 Å². The highest BCUT2D eigenvalue weighted by atomic mass is 16.5. The summed E-state index contributed by atoms with van der Waals surface area (Å²) in [6.07, 6.45) is 6.22. The summed E-state index contributed by atoms with van der Waals surface area (Å²) in [4.78, 5) is 14.2. The van der Waals surface area contributed by atoms with E-state index in [1.165, 1.54) is 25.7 Å². The largest absolute Gasteiger partial charge is 0.465 e. The number of rotatable bonds is 8. The Morgan fingerprint density at radius 1 is 1.40 bits per heavy atom. The van der Waals surface area contributed by atoms with E-state index in [9.17, 15) is 4.79 Å². The van der Waals surface area contributed by atoms with Gasteiger partial charge < -0.3 is 19.7 Å². The summed E-state index contributed by atoms with van der Waals surface area (Å²) in [6, 6.07) is 0.291. The van der Waals surface area contributed by atoms with E-state index in [-0.39, 0.29) is 12.0 Å². The molecule has 1 heterocycles. The Morgan fingerprint density at radius 3 is 2.80 bits per heavy atom. The zero-order chi connectivity index (χ0) is 14.4. The number of hydrogen-bond acceptors (Lipinski definition) is 5. The Kier molecular flexibility index (Phi) is 6.26. The van der Waals surface area contributed by atoms with Gasteiger partial charge in [-0.15, -0.1) is 0 Å². The smallest absolute Gasteiger partial charge is 0.324 e. The topological polar surface area (TPSA) is 50.8 Å². The SMILES string of the molecule is CCOC(=O)C(CN(C)CC1CCCCO1)NC1CC1. The predicted molar refractivity (Wildman–Crippen MR) is 77.7 cm³/mol. The molecule has 1 aliphatic heterocycles. The lowest BCUT2D eigenvalue weighted by Crippen LogP contribution is -2.48. The van der Waals surface area contributed by atoms with Gasteiger partial charge in [-0.2, -0.15) is 0 Å². The van der Waals surface area contributed by atoms with Crippen molar-refractivity contribution in [2.24, 2.45) is 0 Å². The zero-order valence-electron chi connectivity index (χ0n) is 12.8. The van der Waals surface area contributed by atoms with E-state index in [2.05, 4.69) is 17.3 Å². The van der Waals surface area contributed by atoms with Crippen molar-refractivity contribution in [1.82, 2.24) is 10.2 Å². The van der Waals surface area contributed by atoms with Gasteiger partial charge in [0.05, 0.1) is 12.7 Å². The minimum absolute atomic E-state index is 0.129. The number of carbonyl (C=O) groups is 1. The fourth-order valence-electron chi connectivity index (χ4n) is 2.66. The number of likely N-dealkylation sites (N-methyl/N-ethyl adjacent to an activating group) is 1. The van der Waals surface area contributed by atoms with Crippen LogP contribution in [0.15, 0.2) is 0 Å². The van der Waals surface area contributed by atoms with Crippen LogP contribution in [0, 0.1) is 0 Å². The molecule has 0 amide bonds. The summed E-state index contributed by atoms with van der Waals surface area (Å²) in [5.41, 5.74) is 0. The highest BCUT2D eigenvalue weighted by molar-refractivity contribution is 5.76. The standard InChI is InChI=1S/C15H28N2O3/c1-3-19-15(18)14(16-12-7-8-12)11-17(2)10-13-6-4-5-9-20-13/h12-14,16H,3-11H2,1-2H3. The fraction of sp³-hybridized carbons (Fsp3) is 0.933. The van der Waals surface area contributed by atoms with Gasteiger partial charge in [0.25, 0.3) is 0 Å². The number of hydrogen-bond donors (Lipinski definition) is 1. The second-order valence-corrected chi connectivity index (χ2v) is 5.96. The molecule has 0 spiro atoms. The van der Waals surface area contributed by atoms with Crippen molar-refractivity contribution >= 4 is 5.97 Å². The van der Waals surface area contributed by atoms with Crippen LogP contribution in [0.4, 0.5) is 0 Å². The molecule has 116 valence electrons. The van der Waals surface area contributed by atoms with E-state index >= 15 is 0 Å². The van der Waals surface area contributed by atoms with Crippen LogP contribution >= 0.6 is 0 Å². The van der Waals surface area contributed by atoms with Crippen molar-refractivity contribution in [2.45, 2.75) is 57.2 Å². The van der Waals surface area contributed by atoms with E-state index in [0.717, 1.165) is 19.6 Å². The molecule has 0 radical (unpaired) electrons.